The van der Waals surface area contributed by atoms with E-state index < -0.39 is 0 Å². The van der Waals surface area contributed by atoms with Crippen molar-refractivity contribution in [2.24, 2.45) is 0 Å². The fourth-order valence-electron chi connectivity index (χ4n) is 6.47. The van der Waals surface area contributed by atoms with Gasteiger partial charge < -0.3 is 4.57 Å². The van der Waals surface area contributed by atoms with Crippen LogP contribution in [0, 0.1) is 0 Å². The molecule has 0 aliphatic heterocycles. The number of fused-ring (bicyclic) bond motifs is 7. The van der Waals surface area contributed by atoms with Gasteiger partial charge in [-0.1, -0.05) is 66.7 Å². The fraction of sp³-hybridized carbons (Fsp3) is 0. The first-order chi connectivity index (χ1) is 20.8. The summed E-state index contributed by atoms with van der Waals surface area (Å²) in [5.41, 5.74) is 9.00. The minimum Gasteiger partial charge on any atom is -0.309 e. The van der Waals surface area contributed by atoms with Gasteiger partial charge >= 0.3 is 0 Å². The highest BCUT2D eigenvalue weighted by Crippen LogP contribution is 2.38. The van der Waals surface area contributed by atoms with Crippen molar-refractivity contribution in [3.8, 4) is 22.6 Å². The molecule has 0 aliphatic rings. The Hall–Kier alpha value is -5.74. The van der Waals surface area contributed by atoms with E-state index in [1.165, 1.54) is 49.4 Å². The predicted molar refractivity (Wildman–Crippen MR) is 174 cm³/mol. The lowest BCUT2D eigenvalue weighted by atomic mass is 10.0. The number of benzene rings is 5. The van der Waals surface area contributed by atoms with Crippen LogP contribution in [0.4, 0.5) is 0 Å². The standard InChI is InChI=1S/C38H24N4/c1-2-10-28(11-3-1)41-33-14-6-4-12-29(33)31-23-26(16-19-35(31)41)27-17-20-36-32(24-27)30-13-5-7-15-34(30)42(36)37-21-18-25-9-8-22-39-38(25)40-37/h1-24H. The summed E-state index contributed by atoms with van der Waals surface area (Å²) < 4.78 is 4.61. The summed E-state index contributed by atoms with van der Waals surface area (Å²) in [6.45, 7) is 0. The van der Waals surface area contributed by atoms with Gasteiger partial charge in [0.15, 0.2) is 5.65 Å². The zero-order valence-corrected chi connectivity index (χ0v) is 22.6. The lowest BCUT2D eigenvalue weighted by Crippen LogP contribution is -1.98. The number of rotatable bonds is 3. The summed E-state index contributed by atoms with van der Waals surface area (Å²) in [6, 6.07) is 49.7. The minimum atomic E-state index is 0.750. The molecule has 9 aromatic rings. The molecule has 0 bridgehead atoms. The molecule has 0 aliphatic carbocycles. The fourth-order valence-corrected chi connectivity index (χ4v) is 6.47. The third-order valence-electron chi connectivity index (χ3n) is 8.37. The molecule has 0 unspecified atom stereocenters. The second-order valence-electron chi connectivity index (χ2n) is 10.7. The van der Waals surface area contributed by atoms with E-state index in [9.17, 15) is 0 Å². The summed E-state index contributed by atoms with van der Waals surface area (Å²) in [4.78, 5) is 9.45. The van der Waals surface area contributed by atoms with Crippen LogP contribution in [0.15, 0.2) is 146 Å². The van der Waals surface area contributed by atoms with Gasteiger partial charge in [-0.25, -0.2) is 9.97 Å². The van der Waals surface area contributed by atoms with Crippen molar-refractivity contribution >= 4 is 54.6 Å². The van der Waals surface area contributed by atoms with Gasteiger partial charge in [0.1, 0.15) is 5.82 Å². The third kappa shape index (κ3) is 3.36. The van der Waals surface area contributed by atoms with E-state index in [-0.39, 0.29) is 0 Å². The molecule has 0 radical (unpaired) electrons. The molecule has 42 heavy (non-hydrogen) atoms. The SMILES string of the molecule is c1ccc(-n2c3ccccc3c3cc(-c4ccc5c(c4)c4ccccc4n5-c4ccc5cccnc5n4)ccc32)cc1. The van der Waals surface area contributed by atoms with Crippen molar-refractivity contribution in [3.63, 3.8) is 0 Å². The van der Waals surface area contributed by atoms with Gasteiger partial charge in [-0.05, 0) is 83.9 Å². The molecule has 4 heteroatoms. The average molecular weight is 537 g/mol. The van der Waals surface area contributed by atoms with Crippen LogP contribution in [0.3, 0.4) is 0 Å². The van der Waals surface area contributed by atoms with Crippen LogP contribution in [0.5, 0.6) is 0 Å². The molecule has 196 valence electrons. The van der Waals surface area contributed by atoms with E-state index >= 15 is 0 Å². The molecule has 0 saturated carbocycles. The monoisotopic (exact) mass is 536 g/mol. The number of hydrogen-bond donors (Lipinski definition) is 0. The molecular weight excluding hydrogens is 512 g/mol. The molecule has 0 amide bonds. The molecule has 4 nitrogen and oxygen atoms in total. The smallest absolute Gasteiger partial charge is 0.161 e. The van der Waals surface area contributed by atoms with Gasteiger partial charge in [0.2, 0.25) is 0 Å². The van der Waals surface area contributed by atoms with Crippen LogP contribution in [-0.4, -0.2) is 19.1 Å². The van der Waals surface area contributed by atoms with Crippen molar-refractivity contribution in [2.75, 3.05) is 0 Å². The lowest BCUT2D eigenvalue weighted by molar-refractivity contribution is 1.09. The molecule has 9 rings (SSSR count). The van der Waals surface area contributed by atoms with Gasteiger partial charge in [-0.15, -0.1) is 0 Å². The topological polar surface area (TPSA) is 35.6 Å². The summed E-state index contributed by atoms with van der Waals surface area (Å²) in [6.07, 6.45) is 1.80. The average Bonchev–Trinajstić information content (AvgIpc) is 3.57. The summed E-state index contributed by atoms with van der Waals surface area (Å²) >= 11 is 0. The number of para-hydroxylation sites is 3. The third-order valence-corrected chi connectivity index (χ3v) is 8.37. The summed E-state index contributed by atoms with van der Waals surface area (Å²) in [5, 5.41) is 5.96. The first kappa shape index (κ1) is 23.0. The Morgan fingerprint density at radius 2 is 1.02 bits per heavy atom. The van der Waals surface area contributed by atoms with Crippen LogP contribution in [0.1, 0.15) is 0 Å². The normalized spacial score (nSPS) is 11.8. The molecule has 0 fully saturated rings. The molecule has 0 spiro atoms. The van der Waals surface area contributed by atoms with Crippen molar-refractivity contribution < 1.29 is 0 Å². The highest BCUT2D eigenvalue weighted by atomic mass is 15.1. The first-order valence-corrected chi connectivity index (χ1v) is 14.2. The van der Waals surface area contributed by atoms with Crippen LogP contribution in [0.25, 0.3) is 77.3 Å². The van der Waals surface area contributed by atoms with Crippen molar-refractivity contribution in [3.05, 3.63) is 146 Å². The van der Waals surface area contributed by atoms with Crippen LogP contribution >= 0.6 is 0 Å². The molecule has 0 N–H and O–H groups in total. The Kier molecular flexibility index (Phi) is 4.87. The summed E-state index contributed by atoms with van der Waals surface area (Å²) in [7, 11) is 0. The molecule has 0 saturated heterocycles. The highest BCUT2D eigenvalue weighted by Gasteiger charge is 2.16. The van der Waals surface area contributed by atoms with Crippen molar-refractivity contribution in [2.45, 2.75) is 0 Å². The molecular formula is C38H24N4. The number of aromatic nitrogens is 4. The van der Waals surface area contributed by atoms with E-state index in [1.54, 1.807) is 6.20 Å². The Bertz CT molecular complexity index is 2470. The van der Waals surface area contributed by atoms with Crippen LogP contribution in [-0.2, 0) is 0 Å². The largest absolute Gasteiger partial charge is 0.309 e. The van der Waals surface area contributed by atoms with Crippen molar-refractivity contribution in [1.82, 2.24) is 19.1 Å². The highest BCUT2D eigenvalue weighted by molar-refractivity contribution is 6.12. The predicted octanol–water partition coefficient (Wildman–Crippen LogP) is 9.49. The maximum Gasteiger partial charge on any atom is 0.161 e. The Morgan fingerprint density at radius 3 is 1.74 bits per heavy atom. The second kappa shape index (κ2) is 8.88. The van der Waals surface area contributed by atoms with E-state index in [4.69, 9.17) is 4.98 Å². The summed E-state index contributed by atoms with van der Waals surface area (Å²) in [5.74, 6) is 0.871. The molecule has 4 heterocycles. The maximum absolute atomic E-state index is 4.94. The van der Waals surface area contributed by atoms with E-state index in [0.717, 1.165) is 27.9 Å². The van der Waals surface area contributed by atoms with Gasteiger partial charge in [-0.2, -0.15) is 0 Å². The maximum atomic E-state index is 4.94. The van der Waals surface area contributed by atoms with Gasteiger partial charge in [0.05, 0.1) is 22.1 Å². The zero-order chi connectivity index (χ0) is 27.6. The molecule has 0 atom stereocenters. The van der Waals surface area contributed by atoms with Crippen LogP contribution < -0.4 is 0 Å². The minimum absolute atomic E-state index is 0.750. The van der Waals surface area contributed by atoms with E-state index in [0.29, 0.717) is 0 Å². The Morgan fingerprint density at radius 1 is 0.429 bits per heavy atom. The number of nitrogens with zero attached hydrogens (tertiary/aromatic N) is 4. The van der Waals surface area contributed by atoms with Gasteiger partial charge in [-0.3, -0.25) is 4.57 Å². The van der Waals surface area contributed by atoms with Crippen molar-refractivity contribution in [1.29, 1.82) is 0 Å². The van der Waals surface area contributed by atoms with Crippen LogP contribution in [0.2, 0.25) is 0 Å². The van der Waals surface area contributed by atoms with E-state index in [1.807, 2.05) is 12.1 Å². The van der Waals surface area contributed by atoms with Gasteiger partial charge in [0.25, 0.3) is 0 Å². The Labute approximate surface area is 241 Å². The number of pyridine rings is 2. The first-order valence-electron chi connectivity index (χ1n) is 14.2. The second-order valence-corrected chi connectivity index (χ2v) is 10.7. The lowest BCUT2D eigenvalue weighted by Gasteiger charge is -2.09. The van der Waals surface area contributed by atoms with E-state index in [2.05, 4.69) is 142 Å². The van der Waals surface area contributed by atoms with Gasteiger partial charge in [0, 0.05) is 38.8 Å². The molecule has 4 aromatic heterocycles. The number of hydrogen-bond acceptors (Lipinski definition) is 2. The quantitative estimate of drug-likeness (QED) is 0.225. The Balaban J connectivity index is 1.26. The molecule has 5 aromatic carbocycles. The zero-order valence-electron chi connectivity index (χ0n) is 22.6.